The molecule has 2 saturated carbocycles. The molecule has 2 aliphatic heterocycles. The molecule has 4 aromatic rings. The second-order valence-corrected chi connectivity index (χ2v) is 18.0. The third-order valence-corrected chi connectivity index (χ3v) is 14.1. The molecular weight excluding hydrogens is 653 g/mol. The van der Waals surface area contributed by atoms with Crippen LogP contribution in [0.4, 0.5) is 11.4 Å². The summed E-state index contributed by atoms with van der Waals surface area (Å²) in [6.45, 7) is 11.8. The number of unbranched alkanes of at least 4 members (excludes halogenated alkanes) is 2. The SMILES string of the molecule is CC=CCC1(C)C(=CC=CC2=[N+](CCCCC3CCCC3)c3ccc4ccccc4c3C2(C)C)N(CCCCC2CCCC2)c2ccc3ccccc3c21. The summed E-state index contributed by atoms with van der Waals surface area (Å²) in [4.78, 5) is 2.72. The predicted octanol–water partition coefficient (Wildman–Crippen LogP) is 14.3. The minimum atomic E-state index is -0.118. The molecule has 0 aromatic heterocycles. The van der Waals surface area contributed by atoms with Crippen molar-refractivity contribution in [2.45, 2.75) is 135 Å². The first-order valence-corrected chi connectivity index (χ1v) is 21.9. The van der Waals surface area contributed by atoms with Gasteiger partial charge in [0, 0.05) is 47.5 Å². The Balaban J connectivity index is 1.17. The average molecular weight is 718 g/mol. The van der Waals surface area contributed by atoms with Gasteiger partial charge in [-0.25, -0.2) is 0 Å². The Morgan fingerprint density at radius 2 is 1.31 bits per heavy atom. The second kappa shape index (κ2) is 16.1. The molecule has 0 radical (unpaired) electrons. The largest absolute Gasteiger partial charge is 0.344 e. The van der Waals surface area contributed by atoms with Crippen molar-refractivity contribution in [2.75, 3.05) is 18.0 Å². The van der Waals surface area contributed by atoms with Crippen LogP contribution in [-0.2, 0) is 10.8 Å². The van der Waals surface area contributed by atoms with Crippen LogP contribution in [0.1, 0.15) is 135 Å². The highest BCUT2D eigenvalue weighted by Crippen LogP contribution is 2.53. The van der Waals surface area contributed by atoms with E-state index in [2.05, 4.69) is 140 Å². The van der Waals surface area contributed by atoms with E-state index < -0.39 is 0 Å². The zero-order valence-electron chi connectivity index (χ0n) is 33.9. The molecule has 2 nitrogen and oxygen atoms in total. The van der Waals surface area contributed by atoms with Crippen molar-refractivity contribution in [2.24, 2.45) is 11.8 Å². The van der Waals surface area contributed by atoms with Gasteiger partial charge in [-0.15, -0.1) is 0 Å². The molecule has 0 spiro atoms. The van der Waals surface area contributed by atoms with E-state index in [0.29, 0.717) is 0 Å². The smallest absolute Gasteiger partial charge is 0.210 e. The fourth-order valence-corrected chi connectivity index (χ4v) is 11.2. The van der Waals surface area contributed by atoms with E-state index in [1.165, 1.54) is 145 Å². The van der Waals surface area contributed by atoms with Crippen LogP contribution in [0.2, 0.25) is 0 Å². The lowest BCUT2D eigenvalue weighted by Gasteiger charge is -2.30. The highest BCUT2D eigenvalue weighted by atomic mass is 15.2. The Morgan fingerprint density at radius 1 is 0.704 bits per heavy atom. The summed E-state index contributed by atoms with van der Waals surface area (Å²) in [5, 5.41) is 5.50. The minimum absolute atomic E-state index is 0.0975. The molecule has 2 heteroatoms. The van der Waals surface area contributed by atoms with Gasteiger partial charge < -0.3 is 4.90 Å². The van der Waals surface area contributed by atoms with Crippen LogP contribution in [0.5, 0.6) is 0 Å². The standard InChI is InChI=1S/C52H65N2/c1-5-6-36-52(4)48(54(38-18-16-25-40-22-9-10-23-40)46-35-33-42-27-12-14-29-44(42)50(46)52)31-19-30-47-51(2,3)49-43-28-13-11-26-41(43)32-34-45(49)53(47)37-17-15-24-39-20-7-8-21-39/h5-6,11-14,19,26-35,39-40H,7-10,15-18,20-25,36-38H2,1-4H3/q+1. The minimum Gasteiger partial charge on any atom is -0.344 e. The summed E-state index contributed by atoms with van der Waals surface area (Å²) in [6, 6.07) is 27.7. The first-order valence-electron chi connectivity index (χ1n) is 21.9. The Labute approximate surface area is 326 Å². The van der Waals surface area contributed by atoms with Gasteiger partial charge in [0.05, 0.1) is 5.41 Å². The number of benzene rings is 4. The number of allylic oxidation sites excluding steroid dienone is 6. The molecule has 1 unspecified atom stereocenters. The van der Waals surface area contributed by atoms with Gasteiger partial charge in [-0.1, -0.05) is 143 Å². The lowest BCUT2D eigenvalue weighted by Crippen LogP contribution is -2.29. The average Bonchev–Trinajstić information content (AvgIpc) is 3.99. The van der Waals surface area contributed by atoms with Crippen LogP contribution in [0, 0.1) is 11.8 Å². The summed E-state index contributed by atoms with van der Waals surface area (Å²) in [7, 11) is 0. The second-order valence-electron chi connectivity index (χ2n) is 18.0. The van der Waals surface area contributed by atoms with Gasteiger partial charge >= 0.3 is 0 Å². The number of nitrogens with zero attached hydrogens (tertiary/aromatic N) is 2. The number of fused-ring (bicyclic) bond motifs is 6. The Bertz CT molecular complexity index is 2080. The molecule has 4 aliphatic rings. The van der Waals surface area contributed by atoms with E-state index in [9.17, 15) is 0 Å². The molecule has 8 rings (SSSR count). The van der Waals surface area contributed by atoms with Crippen LogP contribution in [0.15, 0.2) is 109 Å². The van der Waals surface area contributed by atoms with Gasteiger partial charge in [0.2, 0.25) is 5.69 Å². The molecular formula is C52H65N2+. The first kappa shape index (κ1) is 37.0. The maximum atomic E-state index is 2.72. The molecule has 54 heavy (non-hydrogen) atoms. The molecule has 282 valence electrons. The quantitative estimate of drug-likeness (QED) is 0.0715. The zero-order chi connectivity index (χ0) is 37.1. The van der Waals surface area contributed by atoms with Crippen molar-refractivity contribution in [1.82, 2.24) is 0 Å². The van der Waals surface area contributed by atoms with Gasteiger partial charge in [-0.2, -0.15) is 4.58 Å². The lowest BCUT2D eigenvalue weighted by atomic mass is 9.76. The van der Waals surface area contributed by atoms with Gasteiger partial charge in [-0.05, 0) is 104 Å². The highest BCUT2D eigenvalue weighted by Gasteiger charge is 2.46. The van der Waals surface area contributed by atoms with Crippen LogP contribution < -0.4 is 4.90 Å². The summed E-state index contributed by atoms with van der Waals surface area (Å²) in [5.74, 6) is 1.91. The zero-order valence-corrected chi connectivity index (χ0v) is 33.9. The fraction of sp³-hybridized carbons (Fsp3) is 0.481. The van der Waals surface area contributed by atoms with Gasteiger partial charge in [0.25, 0.3) is 0 Å². The van der Waals surface area contributed by atoms with Crippen LogP contribution in [-0.4, -0.2) is 23.4 Å². The monoisotopic (exact) mass is 718 g/mol. The number of rotatable bonds is 14. The summed E-state index contributed by atoms with van der Waals surface area (Å²) in [5.41, 5.74) is 8.49. The van der Waals surface area contributed by atoms with Gasteiger partial charge in [0.1, 0.15) is 6.54 Å². The summed E-state index contributed by atoms with van der Waals surface area (Å²) in [6.07, 6.45) is 32.6. The molecule has 2 fully saturated rings. The van der Waals surface area contributed by atoms with Crippen molar-refractivity contribution < 1.29 is 4.58 Å². The normalized spacial score (nSPS) is 22.4. The molecule has 2 heterocycles. The van der Waals surface area contributed by atoms with Crippen LogP contribution in [0.25, 0.3) is 21.5 Å². The first-order chi connectivity index (χ1) is 26.4. The predicted molar refractivity (Wildman–Crippen MR) is 234 cm³/mol. The maximum absolute atomic E-state index is 2.72. The number of hydrogen-bond acceptors (Lipinski definition) is 1. The molecule has 0 N–H and O–H groups in total. The highest BCUT2D eigenvalue weighted by molar-refractivity contribution is 6.07. The van der Waals surface area contributed by atoms with Crippen molar-refractivity contribution in [3.05, 3.63) is 120 Å². The van der Waals surface area contributed by atoms with E-state index in [-0.39, 0.29) is 10.8 Å². The fourth-order valence-electron chi connectivity index (χ4n) is 11.2. The van der Waals surface area contributed by atoms with E-state index in [1.807, 2.05) is 0 Å². The number of hydrogen-bond donors (Lipinski definition) is 0. The third-order valence-electron chi connectivity index (χ3n) is 14.1. The third kappa shape index (κ3) is 7.04. The van der Waals surface area contributed by atoms with Gasteiger partial charge in [-0.3, -0.25) is 0 Å². The maximum Gasteiger partial charge on any atom is 0.210 e. The van der Waals surface area contributed by atoms with E-state index in [4.69, 9.17) is 0 Å². The van der Waals surface area contributed by atoms with Crippen molar-refractivity contribution in [3.63, 3.8) is 0 Å². The number of anilines is 1. The van der Waals surface area contributed by atoms with Crippen LogP contribution >= 0.6 is 0 Å². The van der Waals surface area contributed by atoms with Crippen LogP contribution in [0.3, 0.4) is 0 Å². The summed E-state index contributed by atoms with van der Waals surface area (Å²) < 4.78 is 2.70. The lowest BCUT2D eigenvalue weighted by molar-refractivity contribution is -0.438. The Hall–Kier alpha value is -3.91. The molecule has 0 bridgehead atoms. The summed E-state index contributed by atoms with van der Waals surface area (Å²) >= 11 is 0. The Morgan fingerprint density at radius 3 is 1.98 bits per heavy atom. The van der Waals surface area contributed by atoms with Crippen molar-refractivity contribution in [3.8, 4) is 0 Å². The van der Waals surface area contributed by atoms with Crippen molar-refractivity contribution in [1.29, 1.82) is 0 Å². The molecule has 4 aromatic carbocycles. The van der Waals surface area contributed by atoms with Crippen molar-refractivity contribution >= 4 is 38.6 Å². The molecule has 2 aliphatic carbocycles. The topological polar surface area (TPSA) is 6.25 Å². The van der Waals surface area contributed by atoms with E-state index in [1.54, 1.807) is 0 Å². The van der Waals surface area contributed by atoms with Gasteiger partial charge in [0.15, 0.2) is 5.71 Å². The van der Waals surface area contributed by atoms with E-state index >= 15 is 0 Å². The Kier molecular flexibility index (Phi) is 11.0. The molecule has 0 saturated heterocycles. The molecule has 0 amide bonds. The van der Waals surface area contributed by atoms with E-state index in [0.717, 1.165) is 31.3 Å². The molecule has 1 atom stereocenters.